The van der Waals surface area contributed by atoms with E-state index in [1.807, 2.05) is 30.5 Å². The van der Waals surface area contributed by atoms with Crippen LogP contribution in [0.1, 0.15) is 18.4 Å². The number of thioether (sulfide) groups is 1. The van der Waals surface area contributed by atoms with Gasteiger partial charge in [0.1, 0.15) is 0 Å². The Bertz CT molecular complexity index is 464. The van der Waals surface area contributed by atoms with Gasteiger partial charge in [-0.1, -0.05) is 12.1 Å². The molecule has 19 heavy (non-hydrogen) atoms. The van der Waals surface area contributed by atoms with E-state index in [9.17, 15) is 4.79 Å². The molecular formula is C15H19NO2S. The summed E-state index contributed by atoms with van der Waals surface area (Å²) >= 11 is 1.70. The summed E-state index contributed by atoms with van der Waals surface area (Å²) in [6.07, 6.45) is 7.39. The van der Waals surface area contributed by atoms with E-state index in [-0.39, 0.29) is 17.9 Å². The molecule has 1 saturated carbocycles. The molecule has 1 aliphatic rings. The maximum atomic E-state index is 11.6. The highest BCUT2D eigenvalue weighted by atomic mass is 32.2. The predicted molar refractivity (Wildman–Crippen MR) is 79.0 cm³/mol. The van der Waals surface area contributed by atoms with Gasteiger partial charge in [0.2, 0.25) is 5.91 Å². The van der Waals surface area contributed by atoms with E-state index in [0.29, 0.717) is 6.54 Å². The van der Waals surface area contributed by atoms with E-state index in [4.69, 9.17) is 5.11 Å². The maximum absolute atomic E-state index is 11.6. The average molecular weight is 277 g/mol. The number of hydrogen-bond donors (Lipinski definition) is 2. The van der Waals surface area contributed by atoms with Gasteiger partial charge in [-0.2, -0.15) is 0 Å². The van der Waals surface area contributed by atoms with Gasteiger partial charge in [0.05, 0.1) is 6.61 Å². The zero-order chi connectivity index (χ0) is 13.7. The second-order valence-electron chi connectivity index (χ2n) is 4.98. The van der Waals surface area contributed by atoms with Crippen LogP contribution in [0, 0.1) is 5.41 Å². The Hall–Kier alpha value is -1.26. The smallest absolute Gasteiger partial charge is 0.244 e. The number of hydrogen-bond acceptors (Lipinski definition) is 3. The Morgan fingerprint density at radius 3 is 2.63 bits per heavy atom. The lowest BCUT2D eigenvalue weighted by molar-refractivity contribution is -0.116. The van der Waals surface area contributed by atoms with Crippen molar-refractivity contribution in [3.63, 3.8) is 0 Å². The van der Waals surface area contributed by atoms with Crippen molar-refractivity contribution in [1.29, 1.82) is 0 Å². The van der Waals surface area contributed by atoms with Gasteiger partial charge in [0, 0.05) is 22.9 Å². The molecule has 0 aromatic heterocycles. The molecule has 1 aromatic carbocycles. The molecule has 0 radical (unpaired) electrons. The highest BCUT2D eigenvalue weighted by molar-refractivity contribution is 7.98. The molecule has 4 heteroatoms. The summed E-state index contributed by atoms with van der Waals surface area (Å²) in [5.74, 6) is -0.103. The molecular weight excluding hydrogens is 258 g/mol. The van der Waals surface area contributed by atoms with E-state index in [0.717, 1.165) is 18.4 Å². The third-order valence-corrected chi connectivity index (χ3v) is 4.22. The van der Waals surface area contributed by atoms with Gasteiger partial charge in [-0.15, -0.1) is 11.8 Å². The van der Waals surface area contributed by atoms with Crippen molar-refractivity contribution in [1.82, 2.24) is 5.32 Å². The minimum Gasteiger partial charge on any atom is -0.396 e. The Balaban J connectivity index is 1.82. The molecule has 2 N–H and O–H groups in total. The molecule has 3 nitrogen and oxygen atoms in total. The van der Waals surface area contributed by atoms with Crippen LogP contribution in [0.5, 0.6) is 0 Å². The standard InChI is InChI=1S/C15H19NO2S/c1-19-13-5-2-12(3-6-13)4-7-14(18)16-10-15(11-17)8-9-15/h2-7,17H,8-11H2,1H3,(H,16,18)/b7-4+. The van der Waals surface area contributed by atoms with Crippen molar-refractivity contribution in [3.05, 3.63) is 35.9 Å². The van der Waals surface area contributed by atoms with Crippen LogP contribution in [0.2, 0.25) is 0 Å². The first-order chi connectivity index (χ1) is 9.17. The number of nitrogens with one attached hydrogen (secondary N) is 1. The fraction of sp³-hybridized carbons (Fsp3) is 0.400. The first kappa shape index (κ1) is 14.2. The zero-order valence-electron chi connectivity index (χ0n) is 11.1. The molecule has 2 rings (SSSR count). The van der Waals surface area contributed by atoms with E-state index in [1.54, 1.807) is 23.9 Å². The number of benzene rings is 1. The number of rotatable bonds is 6. The lowest BCUT2D eigenvalue weighted by Crippen LogP contribution is -2.30. The molecule has 1 aromatic rings. The quantitative estimate of drug-likeness (QED) is 0.619. The molecule has 0 aliphatic heterocycles. The fourth-order valence-corrected chi connectivity index (χ4v) is 2.20. The molecule has 102 valence electrons. The summed E-state index contributed by atoms with van der Waals surface area (Å²) in [5, 5.41) is 12.0. The van der Waals surface area contributed by atoms with Crippen molar-refractivity contribution in [2.45, 2.75) is 17.7 Å². The molecule has 1 fully saturated rings. The second kappa shape index (κ2) is 6.26. The molecule has 0 saturated heterocycles. The predicted octanol–water partition coefficient (Wildman–Crippen LogP) is 2.31. The molecule has 1 aliphatic carbocycles. The zero-order valence-corrected chi connectivity index (χ0v) is 11.9. The Morgan fingerprint density at radius 1 is 1.42 bits per heavy atom. The van der Waals surface area contributed by atoms with Crippen molar-refractivity contribution in [3.8, 4) is 0 Å². The number of carbonyl (C=O) groups excluding carboxylic acids is 1. The SMILES string of the molecule is CSc1ccc(/C=C/C(=O)NCC2(CO)CC2)cc1. The van der Waals surface area contributed by atoms with E-state index < -0.39 is 0 Å². The Morgan fingerprint density at radius 2 is 2.11 bits per heavy atom. The van der Waals surface area contributed by atoms with Gasteiger partial charge in [0.15, 0.2) is 0 Å². The summed E-state index contributed by atoms with van der Waals surface area (Å²) in [7, 11) is 0. The molecule has 0 bridgehead atoms. The summed E-state index contributed by atoms with van der Waals surface area (Å²) < 4.78 is 0. The van der Waals surface area contributed by atoms with Crippen LogP contribution in [0.3, 0.4) is 0 Å². The molecule has 0 heterocycles. The third kappa shape index (κ3) is 4.11. The van der Waals surface area contributed by atoms with Crippen molar-refractivity contribution in [2.75, 3.05) is 19.4 Å². The van der Waals surface area contributed by atoms with Crippen molar-refractivity contribution < 1.29 is 9.90 Å². The fourth-order valence-electron chi connectivity index (χ4n) is 1.79. The summed E-state index contributed by atoms with van der Waals surface area (Å²) in [4.78, 5) is 12.9. The number of amides is 1. The minimum atomic E-state index is -0.103. The largest absolute Gasteiger partial charge is 0.396 e. The van der Waals surface area contributed by atoms with Crippen LogP contribution in [-0.2, 0) is 4.79 Å². The van der Waals surface area contributed by atoms with Crippen LogP contribution in [-0.4, -0.2) is 30.4 Å². The van der Waals surface area contributed by atoms with Gasteiger partial charge in [-0.25, -0.2) is 0 Å². The van der Waals surface area contributed by atoms with Gasteiger partial charge in [-0.3, -0.25) is 4.79 Å². The van der Waals surface area contributed by atoms with Crippen LogP contribution >= 0.6 is 11.8 Å². The summed E-state index contributed by atoms with van der Waals surface area (Å²) in [6.45, 7) is 0.727. The van der Waals surface area contributed by atoms with Gasteiger partial charge in [-0.05, 0) is 42.9 Å². The Kier molecular flexibility index (Phi) is 4.66. The number of carbonyl (C=O) groups is 1. The normalized spacial score (nSPS) is 16.5. The number of aliphatic hydroxyl groups is 1. The van der Waals surface area contributed by atoms with Crippen molar-refractivity contribution in [2.24, 2.45) is 5.41 Å². The van der Waals surface area contributed by atoms with E-state index in [2.05, 4.69) is 5.32 Å². The molecule has 1 amide bonds. The second-order valence-corrected chi connectivity index (χ2v) is 5.86. The van der Waals surface area contributed by atoms with Crippen LogP contribution in [0.25, 0.3) is 6.08 Å². The highest BCUT2D eigenvalue weighted by Crippen LogP contribution is 2.44. The first-order valence-corrected chi connectivity index (χ1v) is 7.61. The number of aliphatic hydroxyl groups excluding tert-OH is 1. The van der Waals surface area contributed by atoms with Gasteiger partial charge < -0.3 is 10.4 Å². The monoisotopic (exact) mass is 277 g/mol. The lowest BCUT2D eigenvalue weighted by Gasteiger charge is -2.11. The van der Waals surface area contributed by atoms with E-state index >= 15 is 0 Å². The van der Waals surface area contributed by atoms with E-state index in [1.165, 1.54) is 4.90 Å². The first-order valence-electron chi connectivity index (χ1n) is 6.38. The van der Waals surface area contributed by atoms with Gasteiger partial charge in [0.25, 0.3) is 0 Å². The van der Waals surface area contributed by atoms with Gasteiger partial charge >= 0.3 is 0 Å². The highest BCUT2D eigenvalue weighted by Gasteiger charge is 2.41. The average Bonchev–Trinajstić information content (AvgIpc) is 3.24. The molecule has 0 atom stereocenters. The Labute approximate surface area is 118 Å². The molecule has 0 unspecified atom stereocenters. The van der Waals surface area contributed by atoms with Crippen molar-refractivity contribution >= 4 is 23.7 Å². The topological polar surface area (TPSA) is 49.3 Å². The van der Waals surface area contributed by atoms with Crippen LogP contribution in [0.4, 0.5) is 0 Å². The minimum absolute atomic E-state index is 0.0382. The van der Waals surface area contributed by atoms with Crippen LogP contribution in [0.15, 0.2) is 35.2 Å². The third-order valence-electron chi connectivity index (χ3n) is 3.47. The maximum Gasteiger partial charge on any atom is 0.244 e. The van der Waals surface area contributed by atoms with Crippen LogP contribution < -0.4 is 5.32 Å². The lowest BCUT2D eigenvalue weighted by atomic mass is 10.1. The summed E-state index contributed by atoms with van der Waals surface area (Å²) in [6, 6.07) is 8.05. The molecule has 0 spiro atoms. The summed E-state index contributed by atoms with van der Waals surface area (Å²) in [5.41, 5.74) is 0.972.